The van der Waals surface area contributed by atoms with Gasteiger partial charge in [0, 0.05) is 26.7 Å². The van der Waals surface area contributed by atoms with Gasteiger partial charge in [-0.1, -0.05) is 36.4 Å². The van der Waals surface area contributed by atoms with Crippen LogP contribution in [0, 0.1) is 5.92 Å². The van der Waals surface area contributed by atoms with Crippen LogP contribution in [0.25, 0.3) is 10.8 Å². The molecule has 1 aliphatic rings. The summed E-state index contributed by atoms with van der Waals surface area (Å²) < 4.78 is 0. The Hall–Kier alpha value is -1.87. The van der Waals surface area contributed by atoms with E-state index in [0.717, 1.165) is 13.1 Å². The van der Waals surface area contributed by atoms with Gasteiger partial charge in [0.15, 0.2) is 0 Å². The summed E-state index contributed by atoms with van der Waals surface area (Å²) in [6, 6.07) is 14.7. The third kappa shape index (κ3) is 2.47. The quantitative estimate of drug-likeness (QED) is 0.909. The van der Waals surface area contributed by atoms with Gasteiger partial charge in [0.05, 0.1) is 5.92 Å². The molecule has 0 bridgehead atoms. The molecule has 1 N–H and O–H groups in total. The van der Waals surface area contributed by atoms with Gasteiger partial charge in [-0.2, -0.15) is 0 Å². The Morgan fingerprint density at radius 1 is 1.21 bits per heavy atom. The maximum Gasteiger partial charge on any atom is 0.228 e. The summed E-state index contributed by atoms with van der Waals surface area (Å²) in [5, 5.41) is 5.60. The summed E-state index contributed by atoms with van der Waals surface area (Å²) >= 11 is 0. The van der Waals surface area contributed by atoms with Gasteiger partial charge in [-0.3, -0.25) is 4.79 Å². The summed E-state index contributed by atoms with van der Waals surface area (Å²) in [5.74, 6) is 0.414. The van der Waals surface area contributed by atoms with Crippen molar-refractivity contribution in [2.45, 2.75) is 6.54 Å². The van der Waals surface area contributed by atoms with E-state index < -0.39 is 0 Å². The Balaban J connectivity index is 1.75. The molecule has 2 aromatic carbocycles. The van der Waals surface area contributed by atoms with E-state index in [0.29, 0.717) is 6.54 Å². The normalized spacial score (nSPS) is 15.2. The van der Waals surface area contributed by atoms with Gasteiger partial charge in [-0.05, 0) is 22.4 Å². The van der Waals surface area contributed by atoms with Crippen LogP contribution in [0.15, 0.2) is 42.5 Å². The number of nitrogens with zero attached hydrogens (tertiary/aromatic N) is 1. The summed E-state index contributed by atoms with van der Waals surface area (Å²) in [4.78, 5) is 13.9. The Morgan fingerprint density at radius 3 is 2.63 bits per heavy atom. The lowest BCUT2D eigenvalue weighted by Gasteiger charge is -2.30. The average molecular weight is 254 g/mol. The molecule has 1 fully saturated rings. The van der Waals surface area contributed by atoms with Gasteiger partial charge in [-0.15, -0.1) is 0 Å². The molecule has 1 heterocycles. The van der Waals surface area contributed by atoms with Gasteiger partial charge in [0.1, 0.15) is 0 Å². The van der Waals surface area contributed by atoms with Crippen LogP contribution in [0.4, 0.5) is 0 Å². The number of hydrogen-bond acceptors (Lipinski definition) is 2. The molecule has 0 aromatic heterocycles. The first kappa shape index (κ1) is 12.2. The van der Waals surface area contributed by atoms with Gasteiger partial charge >= 0.3 is 0 Å². The molecule has 0 saturated carbocycles. The standard InChI is InChI=1S/C16H18N2O/c1-18(16(19)15-9-17-10-15)11-12-6-7-13-4-2-3-5-14(13)8-12/h2-8,15,17H,9-11H2,1H3. The van der Waals surface area contributed by atoms with Crippen molar-refractivity contribution >= 4 is 16.7 Å². The van der Waals surface area contributed by atoms with Crippen molar-refractivity contribution in [1.29, 1.82) is 0 Å². The lowest BCUT2D eigenvalue weighted by molar-refractivity contribution is -0.136. The second-order valence-electron chi connectivity index (χ2n) is 5.23. The molecule has 3 nitrogen and oxygen atoms in total. The molecule has 0 atom stereocenters. The number of hydrogen-bond donors (Lipinski definition) is 1. The van der Waals surface area contributed by atoms with Gasteiger partial charge in [-0.25, -0.2) is 0 Å². The fourth-order valence-corrected chi connectivity index (χ4v) is 2.46. The molecular weight excluding hydrogens is 236 g/mol. The molecule has 0 spiro atoms. The van der Waals surface area contributed by atoms with Crippen LogP contribution in [0.1, 0.15) is 5.56 Å². The first-order valence-electron chi connectivity index (χ1n) is 6.67. The van der Waals surface area contributed by atoms with E-state index in [1.165, 1.54) is 16.3 Å². The summed E-state index contributed by atoms with van der Waals surface area (Å²) in [6.45, 7) is 2.32. The molecule has 1 aliphatic heterocycles. The predicted molar refractivity (Wildman–Crippen MR) is 76.8 cm³/mol. The van der Waals surface area contributed by atoms with Crippen molar-refractivity contribution in [1.82, 2.24) is 10.2 Å². The zero-order valence-electron chi connectivity index (χ0n) is 11.1. The van der Waals surface area contributed by atoms with E-state index in [1.807, 2.05) is 24.1 Å². The van der Waals surface area contributed by atoms with E-state index in [9.17, 15) is 4.79 Å². The highest BCUT2D eigenvalue weighted by Gasteiger charge is 2.27. The second kappa shape index (κ2) is 5.02. The highest BCUT2D eigenvalue weighted by atomic mass is 16.2. The molecular formula is C16H18N2O. The number of amides is 1. The minimum atomic E-state index is 0.172. The van der Waals surface area contributed by atoms with Gasteiger partial charge in [0.25, 0.3) is 0 Å². The smallest absolute Gasteiger partial charge is 0.228 e. The van der Waals surface area contributed by atoms with Crippen molar-refractivity contribution in [3.8, 4) is 0 Å². The third-order valence-corrected chi connectivity index (χ3v) is 3.74. The Kier molecular flexibility index (Phi) is 3.22. The topological polar surface area (TPSA) is 32.3 Å². The SMILES string of the molecule is CN(Cc1ccc2ccccc2c1)C(=O)C1CNC1. The predicted octanol–water partition coefficient (Wildman–Crippen LogP) is 2.02. The van der Waals surface area contributed by atoms with Crippen LogP contribution in [-0.2, 0) is 11.3 Å². The van der Waals surface area contributed by atoms with Gasteiger partial charge < -0.3 is 10.2 Å². The third-order valence-electron chi connectivity index (χ3n) is 3.74. The number of carbonyl (C=O) groups is 1. The first-order valence-corrected chi connectivity index (χ1v) is 6.67. The van der Waals surface area contributed by atoms with Crippen LogP contribution in [-0.4, -0.2) is 30.9 Å². The Morgan fingerprint density at radius 2 is 1.95 bits per heavy atom. The number of fused-ring (bicyclic) bond motifs is 1. The highest BCUT2D eigenvalue weighted by Crippen LogP contribution is 2.17. The van der Waals surface area contributed by atoms with Crippen LogP contribution in [0.2, 0.25) is 0 Å². The van der Waals surface area contributed by atoms with Crippen LogP contribution >= 0.6 is 0 Å². The van der Waals surface area contributed by atoms with Crippen molar-refractivity contribution in [3.63, 3.8) is 0 Å². The number of benzene rings is 2. The fraction of sp³-hybridized carbons (Fsp3) is 0.312. The van der Waals surface area contributed by atoms with E-state index in [-0.39, 0.29) is 11.8 Å². The maximum atomic E-state index is 12.1. The molecule has 1 amide bonds. The van der Waals surface area contributed by atoms with Crippen molar-refractivity contribution < 1.29 is 4.79 Å². The number of rotatable bonds is 3. The lowest BCUT2D eigenvalue weighted by atomic mass is 10.0. The van der Waals surface area contributed by atoms with Crippen LogP contribution in [0.3, 0.4) is 0 Å². The highest BCUT2D eigenvalue weighted by molar-refractivity contribution is 5.83. The lowest BCUT2D eigenvalue weighted by Crippen LogP contribution is -2.50. The van der Waals surface area contributed by atoms with E-state index in [1.54, 1.807) is 0 Å². The maximum absolute atomic E-state index is 12.1. The van der Waals surface area contributed by atoms with Crippen molar-refractivity contribution in [2.75, 3.05) is 20.1 Å². The minimum absolute atomic E-state index is 0.172. The van der Waals surface area contributed by atoms with Gasteiger partial charge in [0.2, 0.25) is 5.91 Å². The number of nitrogens with one attached hydrogen (secondary N) is 1. The summed E-state index contributed by atoms with van der Waals surface area (Å²) in [5.41, 5.74) is 1.18. The molecule has 3 heteroatoms. The van der Waals surface area contributed by atoms with Crippen LogP contribution in [0.5, 0.6) is 0 Å². The molecule has 19 heavy (non-hydrogen) atoms. The molecule has 2 aromatic rings. The largest absolute Gasteiger partial charge is 0.341 e. The zero-order chi connectivity index (χ0) is 13.2. The van der Waals surface area contributed by atoms with Crippen molar-refractivity contribution in [2.24, 2.45) is 5.92 Å². The molecule has 0 aliphatic carbocycles. The molecule has 1 saturated heterocycles. The molecule has 0 radical (unpaired) electrons. The average Bonchev–Trinajstić information content (AvgIpc) is 2.36. The minimum Gasteiger partial charge on any atom is -0.341 e. The fourth-order valence-electron chi connectivity index (χ4n) is 2.46. The Labute approximate surface area is 113 Å². The summed E-state index contributed by atoms with van der Waals surface area (Å²) in [7, 11) is 1.88. The number of carbonyl (C=O) groups excluding carboxylic acids is 1. The van der Waals surface area contributed by atoms with E-state index >= 15 is 0 Å². The monoisotopic (exact) mass is 254 g/mol. The van der Waals surface area contributed by atoms with Crippen LogP contribution < -0.4 is 5.32 Å². The zero-order valence-corrected chi connectivity index (χ0v) is 11.1. The molecule has 3 rings (SSSR count). The first-order chi connectivity index (χ1) is 9.24. The molecule has 0 unspecified atom stereocenters. The van der Waals surface area contributed by atoms with Crippen molar-refractivity contribution in [3.05, 3.63) is 48.0 Å². The molecule has 98 valence electrons. The summed E-state index contributed by atoms with van der Waals surface area (Å²) in [6.07, 6.45) is 0. The van der Waals surface area contributed by atoms with E-state index in [2.05, 4.69) is 35.6 Å². The Bertz CT molecular complexity index is 604. The van der Waals surface area contributed by atoms with E-state index in [4.69, 9.17) is 0 Å². The second-order valence-corrected chi connectivity index (χ2v) is 5.23.